The van der Waals surface area contributed by atoms with Crippen molar-refractivity contribution >= 4 is 171 Å². The fourth-order valence-electron chi connectivity index (χ4n) is 11.5. The number of fused-ring (bicyclic) bond motifs is 13. The van der Waals surface area contributed by atoms with Crippen LogP contribution in [0.4, 0.5) is 34.1 Å². The second-order valence-corrected chi connectivity index (χ2v) is 24.0. The van der Waals surface area contributed by atoms with E-state index >= 15 is 0 Å². The van der Waals surface area contributed by atoms with Crippen molar-refractivity contribution in [3.05, 3.63) is 255 Å². The van der Waals surface area contributed by atoms with Crippen LogP contribution in [-0.2, 0) is 0 Å². The molecule has 0 saturated carbocycles. The maximum atomic E-state index is 2.42. The van der Waals surface area contributed by atoms with Crippen molar-refractivity contribution in [3.63, 3.8) is 0 Å². The molecular weight excluding hydrogens is 997 g/mol. The molecule has 0 saturated heterocycles. The first-order valence-corrected chi connectivity index (χ1v) is 28.9. The first-order valence-electron chi connectivity index (χ1n) is 25.6. The first-order chi connectivity index (χ1) is 37.6. The maximum Gasteiger partial charge on any atom is 0.0468 e. The van der Waals surface area contributed by atoms with Gasteiger partial charge in [-0.15, -0.1) is 45.3 Å². The number of anilines is 6. The van der Waals surface area contributed by atoms with E-state index in [0.29, 0.717) is 0 Å². The summed E-state index contributed by atoms with van der Waals surface area (Å²) in [5, 5.41) is 13.0. The van der Waals surface area contributed by atoms with E-state index in [-0.39, 0.29) is 0 Å². The highest BCUT2D eigenvalue weighted by molar-refractivity contribution is 7.27. The Labute approximate surface area is 454 Å². The number of hydrogen-bond acceptors (Lipinski definition) is 6. The lowest BCUT2D eigenvalue weighted by Crippen LogP contribution is -2.09. The van der Waals surface area contributed by atoms with Crippen LogP contribution in [0.25, 0.3) is 114 Å². The number of thiophene rings is 4. The van der Waals surface area contributed by atoms with Gasteiger partial charge in [0, 0.05) is 115 Å². The zero-order chi connectivity index (χ0) is 49.8. The molecule has 0 atom stereocenters. The third-order valence-electron chi connectivity index (χ3n) is 15.2. The minimum absolute atomic E-state index is 1.13. The van der Waals surface area contributed by atoms with Gasteiger partial charge in [-0.2, -0.15) is 0 Å². The molecule has 356 valence electrons. The van der Waals surface area contributed by atoms with Crippen LogP contribution < -0.4 is 9.80 Å². The second-order valence-electron chi connectivity index (χ2n) is 19.7. The summed E-state index contributed by atoms with van der Waals surface area (Å²) < 4.78 is 10.5. The Morgan fingerprint density at radius 2 is 0.500 bits per heavy atom. The molecule has 0 N–H and O–H groups in total. The van der Waals surface area contributed by atoms with E-state index < -0.39 is 0 Å². The molecular formula is C70H42N2S4. The van der Waals surface area contributed by atoms with Gasteiger partial charge in [0.25, 0.3) is 0 Å². The average molecular weight is 1040 g/mol. The largest absolute Gasteiger partial charge is 0.310 e. The molecule has 0 spiro atoms. The number of nitrogens with zero attached hydrogens (tertiary/aromatic N) is 2. The summed E-state index contributed by atoms with van der Waals surface area (Å²) >= 11 is 7.51. The van der Waals surface area contributed by atoms with Crippen LogP contribution in [0.3, 0.4) is 0 Å². The zero-order valence-corrected chi connectivity index (χ0v) is 44.0. The molecule has 0 bridgehead atoms. The van der Waals surface area contributed by atoms with Crippen molar-refractivity contribution in [2.45, 2.75) is 0 Å². The van der Waals surface area contributed by atoms with Gasteiger partial charge in [0.2, 0.25) is 0 Å². The van der Waals surface area contributed by atoms with Gasteiger partial charge in [0.05, 0.1) is 0 Å². The fraction of sp³-hybridized carbons (Fsp3) is 0. The molecule has 0 aliphatic rings. The van der Waals surface area contributed by atoms with Gasteiger partial charge in [-0.3, -0.25) is 0 Å². The van der Waals surface area contributed by atoms with Crippen molar-refractivity contribution in [1.82, 2.24) is 0 Å². The topological polar surface area (TPSA) is 6.48 Å². The molecule has 76 heavy (non-hydrogen) atoms. The second kappa shape index (κ2) is 17.5. The van der Waals surface area contributed by atoms with Crippen LogP contribution >= 0.6 is 45.3 Å². The molecule has 2 nitrogen and oxygen atoms in total. The molecule has 0 aliphatic carbocycles. The van der Waals surface area contributed by atoms with Gasteiger partial charge in [-0.1, -0.05) is 121 Å². The standard InChI is InChI=1S/C70H42N2S4/c1-3-11-49(12-4-1)71(53-29-33-65-61(41-53)55-15-7-9-17-63(55)73-65)51-25-19-43(20-26-51)45-23-31-57-59-35-47-36-60-58-32-24-46(38-68(58)76-70(60)40-48(47)39-69(59)75-67(57)37-45)44-21-27-52(28-22-44)72(50-13-5-2-6-14-50)54-30-34-66-62(42-54)56-16-8-10-18-64(56)74-66/h1-42H. The highest BCUT2D eigenvalue weighted by atomic mass is 32.1. The van der Waals surface area contributed by atoms with Crippen LogP contribution in [-0.4, -0.2) is 0 Å². The molecule has 16 aromatic rings. The van der Waals surface area contributed by atoms with Gasteiger partial charge in [0.1, 0.15) is 0 Å². The lowest BCUT2D eigenvalue weighted by atomic mass is 10.00. The molecule has 12 aromatic carbocycles. The third-order valence-corrected chi connectivity index (χ3v) is 19.7. The Hall–Kier alpha value is -8.62. The SMILES string of the molecule is c1ccc(N(c2ccc(-c3ccc4c(c3)sc3cc5cc6sc7cc(-c8ccc(N(c9ccccc9)c9ccc%10sc%11ccccc%11c%10c9)cc8)ccc7c6cc5cc34)cc2)c2ccc3sc4ccccc4c3c2)cc1. The highest BCUT2D eigenvalue weighted by Gasteiger charge is 2.19. The van der Waals surface area contributed by atoms with Gasteiger partial charge < -0.3 is 9.80 Å². The lowest BCUT2D eigenvalue weighted by molar-refractivity contribution is 1.29. The van der Waals surface area contributed by atoms with Crippen molar-refractivity contribution in [2.75, 3.05) is 9.80 Å². The Kier molecular flexibility index (Phi) is 10.1. The zero-order valence-electron chi connectivity index (χ0n) is 40.8. The van der Waals surface area contributed by atoms with Gasteiger partial charge in [-0.05, 0) is 166 Å². The normalized spacial score (nSPS) is 11.9. The Morgan fingerprint density at radius 1 is 0.184 bits per heavy atom. The van der Waals surface area contributed by atoms with Crippen LogP contribution in [0.15, 0.2) is 255 Å². The van der Waals surface area contributed by atoms with Crippen LogP contribution in [0, 0.1) is 0 Å². The van der Waals surface area contributed by atoms with Crippen LogP contribution in [0.2, 0.25) is 0 Å². The van der Waals surface area contributed by atoms with E-state index in [0.717, 1.165) is 34.1 Å². The van der Waals surface area contributed by atoms with Gasteiger partial charge in [-0.25, -0.2) is 0 Å². The molecule has 0 unspecified atom stereocenters. The minimum Gasteiger partial charge on any atom is -0.310 e. The molecule has 4 aromatic heterocycles. The molecule has 0 aliphatic heterocycles. The van der Waals surface area contributed by atoms with E-state index in [9.17, 15) is 0 Å². The summed E-state index contributed by atoms with van der Waals surface area (Å²) in [5.74, 6) is 0. The Bertz CT molecular complexity index is 4620. The number of benzene rings is 12. The predicted molar refractivity (Wildman–Crippen MR) is 336 cm³/mol. The van der Waals surface area contributed by atoms with Crippen LogP contribution in [0.5, 0.6) is 0 Å². The summed E-state index contributed by atoms with van der Waals surface area (Å²) in [4.78, 5) is 4.74. The Morgan fingerprint density at radius 3 is 0.961 bits per heavy atom. The van der Waals surface area contributed by atoms with E-state index in [1.165, 1.54) is 114 Å². The Balaban J connectivity index is 0.696. The van der Waals surface area contributed by atoms with Crippen molar-refractivity contribution in [3.8, 4) is 22.3 Å². The quantitative estimate of drug-likeness (QED) is 0.150. The summed E-state index contributed by atoms with van der Waals surface area (Å²) in [6.45, 7) is 0. The summed E-state index contributed by atoms with van der Waals surface area (Å²) in [6, 6.07) is 94.5. The summed E-state index contributed by atoms with van der Waals surface area (Å²) in [7, 11) is 0. The minimum atomic E-state index is 1.13. The maximum absolute atomic E-state index is 2.42. The monoisotopic (exact) mass is 1040 g/mol. The summed E-state index contributed by atoms with van der Waals surface area (Å²) in [6.07, 6.45) is 0. The van der Waals surface area contributed by atoms with Crippen molar-refractivity contribution in [1.29, 1.82) is 0 Å². The lowest BCUT2D eigenvalue weighted by Gasteiger charge is -2.26. The molecule has 0 fully saturated rings. The number of hydrogen-bond donors (Lipinski definition) is 0. The summed E-state index contributed by atoms with van der Waals surface area (Å²) in [5.41, 5.74) is 11.7. The molecule has 16 rings (SSSR count). The molecule has 0 amide bonds. The van der Waals surface area contributed by atoms with Crippen LogP contribution in [0.1, 0.15) is 0 Å². The smallest absolute Gasteiger partial charge is 0.0468 e. The van der Waals surface area contributed by atoms with E-state index in [1.807, 2.05) is 45.3 Å². The van der Waals surface area contributed by atoms with Crippen molar-refractivity contribution < 1.29 is 0 Å². The van der Waals surface area contributed by atoms with E-state index in [1.54, 1.807) is 0 Å². The van der Waals surface area contributed by atoms with E-state index in [4.69, 9.17) is 0 Å². The first kappa shape index (κ1) is 43.7. The number of rotatable bonds is 8. The molecule has 6 heteroatoms. The van der Waals surface area contributed by atoms with E-state index in [2.05, 4.69) is 265 Å². The van der Waals surface area contributed by atoms with Crippen molar-refractivity contribution in [2.24, 2.45) is 0 Å². The predicted octanol–water partition coefficient (Wildman–Crippen LogP) is 22.6. The number of para-hydroxylation sites is 2. The average Bonchev–Trinajstić information content (AvgIpc) is 4.29. The van der Waals surface area contributed by atoms with Gasteiger partial charge >= 0.3 is 0 Å². The molecule has 4 heterocycles. The fourth-order valence-corrected chi connectivity index (χ4v) is 16.0. The third kappa shape index (κ3) is 7.25. The van der Waals surface area contributed by atoms with Gasteiger partial charge in [0.15, 0.2) is 0 Å². The highest BCUT2D eigenvalue weighted by Crippen LogP contribution is 2.46. The molecule has 0 radical (unpaired) electrons.